The second-order valence-electron chi connectivity index (χ2n) is 10.7. The highest BCUT2D eigenvalue weighted by atomic mass is 16.4. The second kappa shape index (κ2) is 20.2. The molecular formula is C32H46N4O6. The Balaban J connectivity index is 1.66. The normalized spacial score (nSPS) is 12.7. The molecule has 0 aliphatic rings. The van der Waals surface area contributed by atoms with Crippen LogP contribution in [0.15, 0.2) is 60.7 Å². The van der Waals surface area contributed by atoms with Crippen molar-refractivity contribution in [2.75, 3.05) is 6.54 Å². The van der Waals surface area contributed by atoms with Crippen LogP contribution in [0.1, 0.15) is 75.3 Å². The number of hydrogen-bond acceptors (Lipinski definition) is 6. The Kier molecular flexibility index (Phi) is 16.5. The van der Waals surface area contributed by atoms with Crippen molar-refractivity contribution in [3.05, 3.63) is 71.8 Å². The third-order valence-corrected chi connectivity index (χ3v) is 7.13. The summed E-state index contributed by atoms with van der Waals surface area (Å²) < 4.78 is 0. The quantitative estimate of drug-likeness (QED) is 0.0615. The molecule has 0 aliphatic carbocycles. The molecule has 0 aromatic heterocycles. The molecule has 6 N–H and O–H groups in total. The molecular weight excluding hydrogens is 536 g/mol. The predicted octanol–water partition coefficient (Wildman–Crippen LogP) is 4.88. The smallest absolute Gasteiger partial charge is 0.407 e. The molecule has 0 saturated carbocycles. The van der Waals surface area contributed by atoms with E-state index in [1.807, 2.05) is 60.7 Å². The lowest BCUT2D eigenvalue weighted by Gasteiger charge is -2.36. The zero-order chi connectivity index (χ0) is 30.5. The predicted molar refractivity (Wildman–Crippen MR) is 162 cm³/mol. The lowest BCUT2D eigenvalue weighted by Crippen LogP contribution is -2.71. The standard InChI is InChI=1S/C32H46N4O6/c37-24-28(22-26-16-10-8-11-17-26)33-21-15-7-5-3-1-2-4-6-14-20-32(35-30(39)40,36-31(41)42)34-29(25-38)23-27-18-12-9-13-19-27/h8-13,16-19,24-25,28-29,33-36H,1-7,14-15,20-23H2,(H,39,40)(H,41,42)/t28?,29-/m0/s1. The van der Waals surface area contributed by atoms with Crippen LogP contribution in [0.4, 0.5) is 9.59 Å². The van der Waals surface area contributed by atoms with Crippen LogP contribution in [-0.2, 0) is 22.4 Å². The van der Waals surface area contributed by atoms with Crippen molar-refractivity contribution in [3.8, 4) is 0 Å². The van der Waals surface area contributed by atoms with Crippen LogP contribution in [0.2, 0.25) is 0 Å². The first kappa shape index (κ1) is 34.4. The first-order valence-corrected chi connectivity index (χ1v) is 14.9. The molecule has 0 saturated heterocycles. The largest absolute Gasteiger partial charge is 0.465 e. The first-order chi connectivity index (χ1) is 20.4. The Labute approximate surface area is 248 Å². The Morgan fingerprint density at radius 1 is 0.643 bits per heavy atom. The van der Waals surface area contributed by atoms with Gasteiger partial charge in [0, 0.05) is 6.42 Å². The summed E-state index contributed by atoms with van der Waals surface area (Å²) in [6.07, 6.45) is 8.80. The van der Waals surface area contributed by atoms with Crippen LogP contribution in [0.3, 0.4) is 0 Å². The maximum atomic E-state index is 11.8. The van der Waals surface area contributed by atoms with Crippen molar-refractivity contribution in [1.82, 2.24) is 21.3 Å². The van der Waals surface area contributed by atoms with E-state index >= 15 is 0 Å². The van der Waals surface area contributed by atoms with E-state index in [0.717, 1.165) is 75.3 Å². The number of amides is 2. The van der Waals surface area contributed by atoms with Crippen molar-refractivity contribution in [1.29, 1.82) is 0 Å². The zero-order valence-corrected chi connectivity index (χ0v) is 24.3. The van der Waals surface area contributed by atoms with E-state index in [-0.39, 0.29) is 18.9 Å². The second-order valence-corrected chi connectivity index (χ2v) is 10.7. The molecule has 2 amide bonds. The summed E-state index contributed by atoms with van der Waals surface area (Å²) in [5.41, 5.74) is 2.01. The van der Waals surface area contributed by atoms with E-state index < -0.39 is 24.0 Å². The topological polar surface area (TPSA) is 157 Å². The van der Waals surface area contributed by atoms with Crippen molar-refractivity contribution in [2.45, 2.75) is 94.9 Å². The first-order valence-electron chi connectivity index (χ1n) is 14.9. The van der Waals surface area contributed by atoms with Gasteiger partial charge in [0.15, 0.2) is 5.79 Å². The third-order valence-electron chi connectivity index (χ3n) is 7.13. The fourth-order valence-electron chi connectivity index (χ4n) is 5.06. The van der Waals surface area contributed by atoms with Gasteiger partial charge in [-0.2, -0.15) is 0 Å². The van der Waals surface area contributed by atoms with Crippen LogP contribution in [0.5, 0.6) is 0 Å². The molecule has 230 valence electrons. The number of unbranched alkanes of at least 4 members (excludes halogenated alkanes) is 8. The number of carbonyl (C=O) groups excluding carboxylic acids is 2. The van der Waals surface area contributed by atoms with Crippen molar-refractivity contribution in [3.63, 3.8) is 0 Å². The summed E-state index contributed by atoms with van der Waals surface area (Å²) in [4.78, 5) is 46.3. The summed E-state index contributed by atoms with van der Waals surface area (Å²) >= 11 is 0. The maximum absolute atomic E-state index is 11.8. The average Bonchev–Trinajstić information content (AvgIpc) is 2.97. The van der Waals surface area contributed by atoms with Gasteiger partial charge in [-0.05, 0) is 43.4 Å². The molecule has 2 aromatic rings. The highest BCUT2D eigenvalue weighted by Gasteiger charge is 2.35. The molecule has 0 spiro atoms. The average molecular weight is 583 g/mol. The summed E-state index contributed by atoms with van der Waals surface area (Å²) in [6.45, 7) is 0.817. The highest BCUT2D eigenvalue weighted by molar-refractivity contribution is 5.70. The summed E-state index contributed by atoms with van der Waals surface area (Å²) in [6, 6.07) is 18.3. The number of benzene rings is 2. The Morgan fingerprint density at radius 3 is 1.52 bits per heavy atom. The van der Waals surface area contributed by atoms with Crippen molar-refractivity contribution >= 4 is 24.8 Å². The van der Waals surface area contributed by atoms with Crippen LogP contribution >= 0.6 is 0 Å². The van der Waals surface area contributed by atoms with E-state index in [1.165, 1.54) is 0 Å². The summed E-state index contributed by atoms with van der Waals surface area (Å²) in [7, 11) is 0. The van der Waals surface area contributed by atoms with Crippen LogP contribution in [-0.4, -0.2) is 59.4 Å². The van der Waals surface area contributed by atoms with E-state index in [9.17, 15) is 29.4 Å². The number of carboxylic acid groups (broad SMARTS) is 2. The minimum absolute atomic E-state index is 0.157. The van der Waals surface area contributed by atoms with Gasteiger partial charge in [-0.15, -0.1) is 0 Å². The Hall–Kier alpha value is -3.76. The SMILES string of the molecule is O=CC(Cc1ccccc1)NCCCCCCCCCCCC(NC(=O)O)(NC(=O)O)N[C@H](C=O)Cc1ccccc1. The molecule has 0 bridgehead atoms. The van der Waals surface area contributed by atoms with Crippen LogP contribution in [0.25, 0.3) is 0 Å². The van der Waals surface area contributed by atoms with Gasteiger partial charge in [0.25, 0.3) is 0 Å². The molecule has 42 heavy (non-hydrogen) atoms. The van der Waals surface area contributed by atoms with Gasteiger partial charge in [0.2, 0.25) is 0 Å². The highest BCUT2D eigenvalue weighted by Crippen LogP contribution is 2.16. The minimum Gasteiger partial charge on any atom is -0.465 e. The molecule has 0 radical (unpaired) electrons. The number of carbonyl (C=O) groups is 4. The fraction of sp³-hybridized carbons (Fsp3) is 0.500. The van der Waals surface area contributed by atoms with Crippen LogP contribution < -0.4 is 21.3 Å². The van der Waals surface area contributed by atoms with Crippen molar-refractivity contribution in [2.24, 2.45) is 0 Å². The molecule has 10 nitrogen and oxygen atoms in total. The molecule has 0 aliphatic heterocycles. The number of aldehydes is 2. The number of rotatable bonds is 23. The monoisotopic (exact) mass is 582 g/mol. The van der Waals surface area contributed by atoms with Gasteiger partial charge >= 0.3 is 12.2 Å². The van der Waals surface area contributed by atoms with Gasteiger partial charge in [0.1, 0.15) is 12.6 Å². The Bertz CT molecular complexity index is 1040. The number of nitrogens with one attached hydrogen (secondary N) is 4. The van der Waals surface area contributed by atoms with Gasteiger partial charge in [-0.25, -0.2) is 9.59 Å². The minimum atomic E-state index is -1.68. The Morgan fingerprint density at radius 2 is 1.07 bits per heavy atom. The molecule has 10 heteroatoms. The molecule has 0 heterocycles. The van der Waals surface area contributed by atoms with Gasteiger partial charge < -0.3 is 25.1 Å². The molecule has 0 fully saturated rings. The van der Waals surface area contributed by atoms with Gasteiger partial charge in [-0.3, -0.25) is 16.0 Å². The van der Waals surface area contributed by atoms with Gasteiger partial charge in [-0.1, -0.05) is 106 Å². The molecule has 2 atom stereocenters. The van der Waals surface area contributed by atoms with Crippen LogP contribution in [0, 0.1) is 0 Å². The van der Waals surface area contributed by atoms with E-state index in [4.69, 9.17) is 0 Å². The summed E-state index contributed by atoms with van der Waals surface area (Å²) in [5, 5.41) is 29.6. The lowest BCUT2D eigenvalue weighted by atomic mass is 10.0. The van der Waals surface area contributed by atoms with E-state index in [2.05, 4.69) is 21.3 Å². The van der Waals surface area contributed by atoms with E-state index in [1.54, 1.807) is 0 Å². The summed E-state index contributed by atoms with van der Waals surface area (Å²) in [5.74, 6) is -1.68. The lowest BCUT2D eigenvalue weighted by molar-refractivity contribution is -0.110. The van der Waals surface area contributed by atoms with Gasteiger partial charge in [0.05, 0.1) is 12.1 Å². The molecule has 2 rings (SSSR count). The third kappa shape index (κ3) is 14.7. The maximum Gasteiger partial charge on any atom is 0.407 e. The van der Waals surface area contributed by atoms with E-state index in [0.29, 0.717) is 19.1 Å². The fourth-order valence-corrected chi connectivity index (χ4v) is 5.06. The molecule has 1 unspecified atom stereocenters. The van der Waals surface area contributed by atoms with Crippen molar-refractivity contribution < 1.29 is 29.4 Å². The zero-order valence-electron chi connectivity index (χ0n) is 24.3. The number of hydrogen-bond donors (Lipinski definition) is 6. The molecule has 2 aromatic carbocycles.